The summed E-state index contributed by atoms with van der Waals surface area (Å²) >= 11 is 0. The van der Waals surface area contributed by atoms with E-state index in [1.165, 1.54) is 16.2 Å². The van der Waals surface area contributed by atoms with E-state index in [1.807, 2.05) is 30.3 Å². The standard InChI is InChI=1S/C20H20N4O2S/c1-3-14-7-9-15(10-8-14)18-13-19(24(23-18)27(2,25)26)16-5-4-6-17-20(16)22-12-11-21-17/h4-12,19H,3,13H2,1-2H3/t19-/m1/s1. The number of hydrazone groups is 1. The molecular formula is C20H20N4O2S. The minimum absolute atomic E-state index is 0.429. The number of fused-ring (bicyclic) bond motifs is 1. The third-order valence-electron chi connectivity index (χ3n) is 4.80. The number of aryl methyl sites for hydroxylation is 1. The van der Waals surface area contributed by atoms with Crippen molar-refractivity contribution in [3.05, 3.63) is 71.5 Å². The van der Waals surface area contributed by atoms with E-state index in [1.54, 1.807) is 12.4 Å². The zero-order valence-corrected chi connectivity index (χ0v) is 16.0. The van der Waals surface area contributed by atoms with Crippen molar-refractivity contribution in [3.63, 3.8) is 0 Å². The molecular weight excluding hydrogens is 360 g/mol. The Hall–Kier alpha value is -2.80. The van der Waals surface area contributed by atoms with Crippen LogP contribution in [-0.4, -0.2) is 34.8 Å². The molecule has 0 bridgehead atoms. The summed E-state index contributed by atoms with van der Waals surface area (Å²) in [4.78, 5) is 8.76. The van der Waals surface area contributed by atoms with Crippen molar-refractivity contribution in [1.82, 2.24) is 14.4 Å². The molecule has 1 aromatic heterocycles. The summed E-state index contributed by atoms with van der Waals surface area (Å²) in [5.74, 6) is 0. The highest BCUT2D eigenvalue weighted by Gasteiger charge is 2.35. The molecule has 0 radical (unpaired) electrons. The molecule has 27 heavy (non-hydrogen) atoms. The van der Waals surface area contributed by atoms with Crippen LogP contribution < -0.4 is 0 Å². The van der Waals surface area contributed by atoms with E-state index in [9.17, 15) is 8.42 Å². The summed E-state index contributed by atoms with van der Waals surface area (Å²) in [6, 6.07) is 13.3. The Morgan fingerprint density at radius 2 is 1.81 bits per heavy atom. The predicted molar refractivity (Wildman–Crippen MR) is 106 cm³/mol. The topological polar surface area (TPSA) is 75.5 Å². The zero-order valence-electron chi connectivity index (χ0n) is 15.2. The first-order valence-electron chi connectivity index (χ1n) is 8.83. The number of hydrogen-bond donors (Lipinski definition) is 0. The summed E-state index contributed by atoms with van der Waals surface area (Å²) in [7, 11) is -3.52. The Bertz CT molecular complexity index is 1120. The maximum absolute atomic E-state index is 12.4. The van der Waals surface area contributed by atoms with Crippen LogP contribution in [0.1, 0.15) is 36.1 Å². The van der Waals surface area contributed by atoms with E-state index in [0.717, 1.165) is 28.8 Å². The van der Waals surface area contributed by atoms with E-state index in [-0.39, 0.29) is 0 Å². The minimum Gasteiger partial charge on any atom is -0.253 e. The van der Waals surface area contributed by atoms with Gasteiger partial charge in [0.15, 0.2) is 0 Å². The monoisotopic (exact) mass is 380 g/mol. The molecule has 4 rings (SSSR count). The predicted octanol–water partition coefficient (Wildman–Crippen LogP) is 3.30. The van der Waals surface area contributed by atoms with Gasteiger partial charge in [0.1, 0.15) is 0 Å². The summed E-state index contributed by atoms with van der Waals surface area (Å²) in [5, 5.41) is 4.46. The minimum atomic E-state index is -3.52. The average molecular weight is 380 g/mol. The number of hydrogen-bond acceptors (Lipinski definition) is 5. The van der Waals surface area contributed by atoms with Crippen molar-refractivity contribution in [3.8, 4) is 0 Å². The zero-order chi connectivity index (χ0) is 19.0. The Balaban J connectivity index is 1.79. The molecule has 0 aliphatic carbocycles. The lowest BCUT2D eigenvalue weighted by Gasteiger charge is -2.22. The molecule has 0 N–H and O–H groups in total. The molecule has 2 heterocycles. The second kappa shape index (κ2) is 6.74. The number of benzene rings is 2. The van der Waals surface area contributed by atoms with Crippen LogP contribution in [0.15, 0.2) is 60.0 Å². The largest absolute Gasteiger partial charge is 0.253 e. The summed E-state index contributed by atoms with van der Waals surface area (Å²) in [5.41, 5.74) is 5.19. The van der Waals surface area contributed by atoms with Gasteiger partial charge in [-0.3, -0.25) is 9.97 Å². The molecule has 0 fully saturated rings. The van der Waals surface area contributed by atoms with Crippen LogP contribution in [0.4, 0.5) is 0 Å². The van der Waals surface area contributed by atoms with Crippen LogP contribution in [0.3, 0.4) is 0 Å². The van der Waals surface area contributed by atoms with Crippen LogP contribution in [0.5, 0.6) is 0 Å². The Morgan fingerprint density at radius 1 is 1.07 bits per heavy atom. The first kappa shape index (κ1) is 17.6. The third kappa shape index (κ3) is 3.30. The SMILES string of the molecule is CCc1ccc(C2=NN(S(C)(=O)=O)[C@@H](c3cccc4nccnc34)C2)cc1. The van der Waals surface area contributed by atoms with Gasteiger partial charge in [-0.2, -0.15) is 9.52 Å². The molecule has 6 nitrogen and oxygen atoms in total. The van der Waals surface area contributed by atoms with Crippen molar-refractivity contribution >= 4 is 26.8 Å². The van der Waals surface area contributed by atoms with Crippen LogP contribution >= 0.6 is 0 Å². The van der Waals surface area contributed by atoms with Gasteiger partial charge in [0, 0.05) is 24.4 Å². The normalized spacial score (nSPS) is 17.3. The van der Waals surface area contributed by atoms with E-state index in [0.29, 0.717) is 11.9 Å². The second-order valence-corrected chi connectivity index (χ2v) is 8.46. The van der Waals surface area contributed by atoms with Gasteiger partial charge in [0.25, 0.3) is 0 Å². The van der Waals surface area contributed by atoms with E-state index in [2.05, 4.69) is 34.1 Å². The number of aromatic nitrogens is 2. The molecule has 0 saturated heterocycles. The number of para-hydroxylation sites is 1. The molecule has 0 saturated carbocycles. The van der Waals surface area contributed by atoms with Crippen molar-refractivity contribution in [1.29, 1.82) is 0 Å². The van der Waals surface area contributed by atoms with Crippen molar-refractivity contribution in [2.45, 2.75) is 25.8 Å². The lowest BCUT2D eigenvalue weighted by molar-refractivity contribution is 0.376. The van der Waals surface area contributed by atoms with Gasteiger partial charge < -0.3 is 0 Å². The Labute approximate surface area is 158 Å². The van der Waals surface area contributed by atoms with Gasteiger partial charge in [-0.25, -0.2) is 8.42 Å². The van der Waals surface area contributed by atoms with Gasteiger partial charge in [-0.1, -0.05) is 43.3 Å². The molecule has 2 aromatic carbocycles. The first-order valence-corrected chi connectivity index (χ1v) is 10.7. The molecule has 1 atom stereocenters. The first-order chi connectivity index (χ1) is 13.0. The molecule has 7 heteroatoms. The Morgan fingerprint density at radius 3 is 2.52 bits per heavy atom. The third-order valence-corrected chi connectivity index (χ3v) is 5.81. The summed E-state index contributed by atoms with van der Waals surface area (Å²) in [6.45, 7) is 2.10. The molecule has 0 unspecified atom stereocenters. The molecule has 0 spiro atoms. The highest BCUT2D eigenvalue weighted by Crippen LogP contribution is 2.36. The number of rotatable bonds is 4. The quantitative estimate of drug-likeness (QED) is 0.696. The van der Waals surface area contributed by atoms with Crippen LogP contribution in [-0.2, 0) is 16.4 Å². The smallest absolute Gasteiger partial charge is 0.247 e. The molecule has 3 aromatic rings. The summed E-state index contributed by atoms with van der Waals surface area (Å²) in [6.07, 6.45) is 5.89. The Kier molecular flexibility index (Phi) is 4.39. The van der Waals surface area contributed by atoms with Crippen molar-refractivity contribution in [2.75, 3.05) is 6.26 Å². The van der Waals surface area contributed by atoms with Crippen molar-refractivity contribution < 1.29 is 8.42 Å². The van der Waals surface area contributed by atoms with E-state index in [4.69, 9.17) is 0 Å². The van der Waals surface area contributed by atoms with Gasteiger partial charge in [0.05, 0.1) is 29.0 Å². The fourth-order valence-electron chi connectivity index (χ4n) is 3.42. The van der Waals surface area contributed by atoms with Crippen LogP contribution in [0.2, 0.25) is 0 Å². The highest BCUT2D eigenvalue weighted by molar-refractivity contribution is 7.88. The average Bonchev–Trinajstić information content (AvgIpc) is 3.13. The molecule has 1 aliphatic heterocycles. The fourth-order valence-corrected chi connectivity index (χ4v) is 4.31. The maximum Gasteiger partial charge on any atom is 0.247 e. The summed E-state index contributed by atoms with van der Waals surface area (Å²) < 4.78 is 26.0. The second-order valence-electron chi connectivity index (χ2n) is 6.62. The van der Waals surface area contributed by atoms with Gasteiger partial charge in [-0.15, -0.1) is 0 Å². The van der Waals surface area contributed by atoms with E-state index >= 15 is 0 Å². The number of nitrogens with zero attached hydrogens (tertiary/aromatic N) is 4. The molecule has 1 aliphatic rings. The maximum atomic E-state index is 12.4. The lowest BCUT2D eigenvalue weighted by Crippen LogP contribution is -2.26. The molecule has 138 valence electrons. The number of sulfonamides is 1. The van der Waals surface area contributed by atoms with E-state index < -0.39 is 16.1 Å². The van der Waals surface area contributed by atoms with Gasteiger partial charge in [0.2, 0.25) is 10.0 Å². The fraction of sp³-hybridized carbons (Fsp3) is 0.250. The van der Waals surface area contributed by atoms with Gasteiger partial charge in [-0.05, 0) is 23.6 Å². The lowest BCUT2D eigenvalue weighted by atomic mass is 9.97. The van der Waals surface area contributed by atoms with Crippen molar-refractivity contribution in [2.24, 2.45) is 5.10 Å². The van der Waals surface area contributed by atoms with Crippen LogP contribution in [0, 0.1) is 0 Å². The highest BCUT2D eigenvalue weighted by atomic mass is 32.2. The van der Waals surface area contributed by atoms with Crippen LogP contribution in [0.25, 0.3) is 11.0 Å². The molecule has 0 amide bonds. The van der Waals surface area contributed by atoms with Gasteiger partial charge >= 0.3 is 0 Å².